The van der Waals surface area contributed by atoms with Crippen LogP contribution in [-0.2, 0) is 19.6 Å². The molecule has 1 amide bonds. The van der Waals surface area contributed by atoms with E-state index in [-0.39, 0.29) is 17.3 Å². The van der Waals surface area contributed by atoms with E-state index in [4.69, 9.17) is 14.6 Å². The number of ether oxygens (including phenoxy) is 1. The van der Waals surface area contributed by atoms with Crippen LogP contribution in [0.1, 0.15) is 26.2 Å². The van der Waals surface area contributed by atoms with Gasteiger partial charge in [0.1, 0.15) is 5.75 Å². The monoisotopic (exact) mass is 552 g/mol. The molecule has 210 valence electrons. The van der Waals surface area contributed by atoms with Crippen LogP contribution < -0.4 is 10.1 Å². The minimum Gasteiger partial charge on any atom is -0.497 e. The third kappa shape index (κ3) is 9.43. The zero-order valence-electron chi connectivity index (χ0n) is 21.0. The first-order valence-corrected chi connectivity index (χ1v) is 13.5. The van der Waals surface area contributed by atoms with Crippen LogP contribution in [-0.4, -0.2) is 111 Å². The average Bonchev–Trinajstić information content (AvgIpc) is 2.87. The van der Waals surface area contributed by atoms with Gasteiger partial charge in [-0.3, -0.25) is 9.69 Å². The van der Waals surface area contributed by atoms with Crippen molar-refractivity contribution in [3.63, 3.8) is 0 Å². The summed E-state index contributed by atoms with van der Waals surface area (Å²) in [5.41, 5.74) is 0. The summed E-state index contributed by atoms with van der Waals surface area (Å²) in [6.45, 7) is 6.66. The van der Waals surface area contributed by atoms with Gasteiger partial charge in [-0.2, -0.15) is 17.5 Å². The lowest BCUT2D eigenvalue weighted by atomic mass is 10.0. The maximum atomic E-state index is 13.4. The maximum absolute atomic E-state index is 13.4. The number of carbonyl (C=O) groups excluding carboxylic acids is 1. The number of piperazine rings is 1. The smallest absolute Gasteiger partial charge is 0.490 e. The van der Waals surface area contributed by atoms with Crippen molar-refractivity contribution in [3.8, 4) is 5.75 Å². The van der Waals surface area contributed by atoms with Gasteiger partial charge in [0.15, 0.2) is 0 Å². The van der Waals surface area contributed by atoms with Gasteiger partial charge in [-0.05, 0) is 50.6 Å². The number of carbonyl (C=O) groups is 2. The van der Waals surface area contributed by atoms with Crippen LogP contribution in [0.2, 0.25) is 0 Å². The Morgan fingerprint density at radius 3 is 2.24 bits per heavy atom. The lowest BCUT2D eigenvalue weighted by molar-refractivity contribution is -0.192. The number of carboxylic acids is 1. The lowest BCUT2D eigenvalue weighted by Crippen LogP contribution is -2.51. The molecule has 0 aromatic heterocycles. The van der Waals surface area contributed by atoms with Gasteiger partial charge in [-0.1, -0.05) is 6.42 Å². The zero-order valence-corrected chi connectivity index (χ0v) is 21.9. The quantitative estimate of drug-likeness (QED) is 0.500. The Labute approximate surface area is 215 Å². The first kappa shape index (κ1) is 30.8. The normalized spacial score (nSPS) is 19.2. The molecule has 2 saturated heterocycles. The Morgan fingerprint density at radius 1 is 1.14 bits per heavy atom. The summed E-state index contributed by atoms with van der Waals surface area (Å²) in [5.74, 6) is -2.30. The first-order chi connectivity index (χ1) is 17.4. The Balaban J connectivity index is 0.000000604. The highest BCUT2D eigenvalue weighted by atomic mass is 32.2. The van der Waals surface area contributed by atoms with Crippen LogP contribution in [0.25, 0.3) is 0 Å². The van der Waals surface area contributed by atoms with Gasteiger partial charge in [0, 0.05) is 45.3 Å². The van der Waals surface area contributed by atoms with Crippen molar-refractivity contribution in [1.29, 1.82) is 0 Å². The van der Waals surface area contributed by atoms with Crippen LogP contribution in [0.15, 0.2) is 29.2 Å². The molecule has 1 aromatic carbocycles. The number of benzene rings is 1. The molecule has 14 heteroatoms. The molecule has 0 bridgehead atoms. The second kappa shape index (κ2) is 13.9. The summed E-state index contributed by atoms with van der Waals surface area (Å²) in [6, 6.07) is 6.79. The molecule has 2 heterocycles. The summed E-state index contributed by atoms with van der Waals surface area (Å²) >= 11 is 0. The number of nitrogens with one attached hydrogen (secondary N) is 1. The van der Waals surface area contributed by atoms with E-state index in [0.717, 1.165) is 32.5 Å². The van der Waals surface area contributed by atoms with E-state index in [1.807, 2.05) is 0 Å². The summed E-state index contributed by atoms with van der Waals surface area (Å²) in [6.07, 6.45) is -1.60. The van der Waals surface area contributed by atoms with Crippen molar-refractivity contribution in [3.05, 3.63) is 24.3 Å². The molecule has 2 aliphatic rings. The molecule has 1 aromatic rings. The number of alkyl halides is 3. The summed E-state index contributed by atoms with van der Waals surface area (Å²) in [5, 5.41) is 10.3. The second-order valence-electron chi connectivity index (χ2n) is 8.83. The minimum atomic E-state index is -5.08. The fraction of sp³-hybridized carbons (Fsp3) is 0.652. The number of sulfonamides is 1. The van der Waals surface area contributed by atoms with E-state index in [1.165, 1.54) is 10.7 Å². The van der Waals surface area contributed by atoms with Crippen LogP contribution in [0, 0.1) is 0 Å². The molecule has 2 fully saturated rings. The average molecular weight is 553 g/mol. The largest absolute Gasteiger partial charge is 0.497 e. The molecular formula is C23H35F3N4O6S. The molecule has 2 N–H and O–H groups in total. The van der Waals surface area contributed by atoms with Crippen molar-refractivity contribution in [2.45, 2.75) is 43.3 Å². The van der Waals surface area contributed by atoms with Gasteiger partial charge in [0.2, 0.25) is 15.9 Å². The standard InChI is InChI=1S/C21H34N4O4S.C2HF3O2/c1-18-5-3-4-12-23(18)15-16-25(17-21(26)24-13-10-22-11-14-24)30(27,28)20-8-6-19(29-2)7-9-20;3-2(4,5)1(6)7/h6-9,18,22H,3-5,10-17H2,1-2H3;(H,6,7). The molecule has 1 atom stereocenters. The van der Waals surface area contributed by atoms with E-state index >= 15 is 0 Å². The number of nitrogens with zero attached hydrogens (tertiary/aromatic N) is 3. The molecular weight excluding hydrogens is 517 g/mol. The molecule has 0 aliphatic carbocycles. The second-order valence-corrected chi connectivity index (χ2v) is 10.8. The van der Waals surface area contributed by atoms with Gasteiger partial charge in [0.05, 0.1) is 18.6 Å². The lowest BCUT2D eigenvalue weighted by Gasteiger charge is -2.35. The topological polar surface area (TPSA) is 119 Å². The SMILES string of the molecule is COc1ccc(S(=O)(=O)N(CCN2CCCCC2C)CC(=O)N2CCNCC2)cc1.O=C(O)C(F)(F)F. The van der Waals surface area contributed by atoms with E-state index < -0.39 is 22.2 Å². The van der Waals surface area contributed by atoms with Gasteiger partial charge in [-0.15, -0.1) is 0 Å². The highest BCUT2D eigenvalue weighted by Crippen LogP contribution is 2.21. The summed E-state index contributed by atoms with van der Waals surface area (Å²) in [4.78, 5) is 26.0. The van der Waals surface area contributed by atoms with Crippen molar-refractivity contribution in [1.82, 2.24) is 19.4 Å². The van der Waals surface area contributed by atoms with Gasteiger partial charge >= 0.3 is 12.1 Å². The van der Waals surface area contributed by atoms with Gasteiger partial charge in [-0.25, -0.2) is 13.2 Å². The van der Waals surface area contributed by atoms with Crippen LogP contribution in [0.3, 0.4) is 0 Å². The van der Waals surface area contributed by atoms with E-state index in [1.54, 1.807) is 36.3 Å². The fourth-order valence-electron chi connectivity index (χ4n) is 4.08. The van der Waals surface area contributed by atoms with Gasteiger partial charge < -0.3 is 20.1 Å². The minimum absolute atomic E-state index is 0.128. The molecule has 37 heavy (non-hydrogen) atoms. The molecule has 0 radical (unpaired) electrons. The van der Waals surface area contributed by atoms with Crippen LogP contribution >= 0.6 is 0 Å². The first-order valence-electron chi connectivity index (χ1n) is 12.0. The maximum Gasteiger partial charge on any atom is 0.490 e. The van der Waals surface area contributed by atoms with Crippen molar-refractivity contribution < 1.29 is 41.0 Å². The Hall–Kier alpha value is -2.42. The number of methoxy groups -OCH3 is 1. The predicted molar refractivity (Wildman–Crippen MR) is 130 cm³/mol. The Bertz CT molecular complexity index is 985. The van der Waals surface area contributed by atoms with E-state index in [0.29, 0.717) is 38.0 Å². The number of rotatable bonds is 8. The highest BCUT2D eigenvalue weighted by Gasteiger charge is 2.38. The van der Waals surface area contributed by atoms with Gasteiger partial charge in [0.25, 0.3) is 0 Å². The summed E-state index contributed by atoms with van der Waals surface area (Å²) in [7, 11) is -2.25. The van der Waals surface area contributed by atoms with Crippen molar-refractivity contribution >= 4 is 21.9 Å². The molecule has 0 spiro atoms. The highest BCUT2D eigenvalue weighted by molar-refractivity contribution is 7.89. The number of hydrogen-bond donors (Lipinski definition) is 2. The number of likely N-dealkylation sites (tertiary alicyclic amines) is 1. The molecule has 0 saturated carbocycles. The summed E-state index contributed by atoms with van der Waals surface area (Å²) < 4.78 is 65.0. The number of halogens is 3. The fourth-order valence-corrected chi connectivity index (χ4v) is 5.46. The number of hydrogen-bond acceptors (Lipinski definition) is 7. The number of piperidine rings is 1. The predicted octanol–water partition coefficient (Wildman–Crippen LogP) is 1.63. The molecule has 10 nitrogen and oxygen atoms in total. The van der Waals surface area contributed by atoms with Crippen molar-refractivity contribution in [2.75, 3.05) is 59.5 Å². The van der Waals surface area contributed by atoms with Crippen LogP contribution in [0.5, 0.6) is 5.75 Å². The molecule has 3 rings (SSSR count). The van der Waals surface area contributed by atoms with Crippen LogP contribution in [0.4, 0.5) is 13.2 Å². The van der Waals surface area contributed by atoms with E-state index in [9.17, 15) is 26.4 Å². The number of carboxylic acid groups (broad SMARTS) is 1. The number of aliphatic carboxylic acids is 1. The van der Waals surface area contributed by atoms with E-state index in [2.05, 4.69) is 17.1 Å². The third-order valence-electron chi connectivity index (χ3n) is 6.30. The molecule has 2 aliphatic heterocycles. The Kier molecular flexibility index (Phi) is 11.6. The Morgan fingerprint density at radius 2 is 1.73 bits per heavy atom. The molecule has 1 unspecified atom stereocenters. The third-order valence-corrected chi connectivity index (χ3v) is 8.16. The number of amides is 1. The van der Waals surface area contributed by atoms with Crippen molar-refractivity contribution in [2.24, 2.45) is 0 Å². The zero-order chi connectivity index (χ0) is 27.6.